The van der Waals surface area contributed by atoms with E-state index >= 15 is 0 Å². The van der Waals surface area contributed by atoms with E-state index in [0.29, 0.717) is 26.0 Å². The molecule has 0 aliphatic carbocycles. The minimum absolute atomic E-state index is 0.0533. The Bertz CT molecular complexity index is 1410. The first-order valence-electron chi connectivity index (χ1n) is 14.4. The summed E-state index contributed by atoms with van der Waals surface area (Å²) < 4.78 is 28.0. The minimum atomic E-state index is -1.89. The van der Waals surface area contributed by atoms with Gasteiger partial charge in [0.15, 0.2) is 8.32 Å². The van der Waals surface area contributed by atoms with E-state index in [1.54, 1.807) is 34.7 Å². The second-order valence-corrected chi connectivity index (χ2v) is 17.5. The van der Waals surface area contributed by atoms with Crippen LogP contribution in [0.2, 0.25) is 18.1 Å². The van der Waals surface area contributed by atoms with Crippen molar-refractivity contribution in [3.05, 3.63) is 94.2 Å². The molecule has 6 nitrogen and oxygen atoms in total. The number of carbonyl (C=O) groups is 1. The number of nitrogens with zero attached hydrogens (tertiary/aromatic N) is 2. The van der Waals surface area contributed by atoms with Crippen LogP contribution in [0.1, 0.15) is 64.1 Å². The third-order valence-corrected chi connectivity index (χ3v) is 13.5. The molecule has 41 heavy (non-hydrogen) atoms. The lowest BCUT2D eigenvalue weighted by molar-refractivity contribution is -0.0678. The molecule has 0 radical (unpaired) electrons. The molecule has 1 aromatic heterocycles. The van der Waals surface area contributed by atoms with E-state index in [9.17, 15) is 14.0 Å². The summed E-state index contributed by atoms with van der Waals surface area (Å²) >= 11 is 0. The molecule has 220 valence electrons. The first kappa shape index (κ1) is 30.7. The van der Waals surface area contributed by atoms with Crippen molar-refractivity contribution in [3.63, 3.8) is 0 Å². The fourth-order valence-corrected chi connectivity index (χ4v) is 6.19. The maximum absolute atomic E-state index is 13.8. The maximum Gasteiger partial charge on any atom is 0.411 e. The summed E-state index contributed by atoms with van der Waals surface area (Å²) in [5.41, 5.74) is 2.87. The van der Waals surface area contributed by atoms with Crippen molar-refractivity contribution in [1.29, 1.82) is 0 Å². The van der Waals surface area contributed by atoms with Gasteiger partial charge in [0.1, 0.15) is 11.4 Å². The van der Waals surface area contributed by atoms with Crippen LogP contribution >= 0.6 is 0 Å². The lowest BCUT2D eigenvalue weighted by atomic mass is 9.84. The van der Waals surface area contributed by atoms with Gasteiger partial charge in [0.25, 0.3) is 0 Å². The molecule has 0 spiro atoms. The standard InChI is InChI=1S/C33H43FN2O4Si/c1-24(25-9-11-26(12-10-25)27-13-18-30(37)35(5)23-27)36-21-20-33(40-31(36)38,28-14-16-29(34)17-15-28)19-8-22-39-41(6,7)32(2,3)4/h9-18,23-24H,8,19-22H2,1-7H3/t24-,33?/m0/s1. The van der Waals surface area contributed by atoms with Crippen molar-refractivity contribution in [3.8, 4) is 11.1 Å². The van der Waals surface area contributed by atoms with Gasteiger partial charge in [-0.1, -0.05) is 57.2 Å². The number of aromatic nitrogens is 1. The van der Waals surface area contributed by atoms with Crippen molar-refractivity contribution in [2.75, 3.05) is 13.2 Å². The van der Waals surface area contributed by atoms with Crippen molar-refractivity contribution in [1.82, 2.24) is 9.47 Å². The van der Waals surface area contributed by atoms with E-state index in [1.807, 2.05) is 43.5 Å². The minimum Gasteiger partial charge on any atom is -0.438 e. The average molecular weight is 579 g/mol. The molecular weight excluding hydrogens is 535 g/mol. The first-order valence-corrected chi connectivity index (χ1v) is 17.3. The zero-order valence-corrected chi connectivity index (χ0v) is 26.4. The van der Waals surface area contributed by atoms with Crippen LogP contribution in [0.15, 0.2) is 71.7 Å². The summed E-state index contributed by atoms with van der Waals surface area (Å²) in [5.74, 6) is -0.316. The quantitative estimate of drug-likeness (QED) is 0.192. The van der Waals surface area contributed by atoms with Crippen LogP contribution in [0.5, 0.6) is 0 Å². The molecule has 3 aromatic rings. The Balaban J connectivity index is 1.48. The second-order valence-electron chi connectivity index (χ2n) is 12.7. The van der Waals surface area contributed by atoms with E-state index in [4.69, 9.17) is 9.16 Å². The Kier molecular flexibility index (Phi) is 8.95. The maximum atomic E-state index is 13.8. The molecule has 0 bridgehead atoms. The second kappa shape index (κ2) is 11.9. The molecule has 2 atom stereocenters. The van der Waals surface area contributed by atoms with Crippen molar-refractivity contribution < 1.29 is 18.3 Å². The molecule has 1 fully saturated rings. The smallest absolute Gasteiger partial charge is 0.411 e. The van der Waals surface area contributed by atoms with Gasteiger partial charge in [-0.05, 0) is 78.4 Å². The van der Waals surface area contributed by atoms with Gasteiger partial charge in [0.2, 0.25) is 5.56 Å². The number of aryl methyl sites for hydroxylation is 1. The number of carbonyl (C=O) groups excluding carboxylic acids is 1. The third kappa shape index (κ3) is 6.81. The molecule has 2 aromatic carbocycles. The Labute approximate surface area is 244 Å². The van der Waals surface area contributed by atoms with Crippen LogP contribution in [-0.2, 0) is 21.8 Å². The van der Waals surface area contributed by atoms with Gasteiger partial charge in [-0.2, -0.15) is 0 Å². The molecule has 0 saturated carbocycles. The Morgan fingerprint density at radius 2 is 1.63 bits per heavy atom. The van der Waals surface area contributed by atoms with Crippen LogP contribution in [-0.4, -0.2) is 37.0 Å². The number of cyclic esters (lactones) is 1. The Hall–Kier alpha value is -3.23. The lowest BCUT2D eigenvalue weighted by Crippen LogP contribution is -2.49. The predicted molar refractivity (Wildman–Crippen MR) is 164 cm³/mol. The summed E-state index contributed by atoms with van der Waals surface area (Å²) in [6, 6.07) is 17.5. The molecule has 4 rings (SSSR count). The van der Waals surface area contributed by atoms with E-state index in [-0.39, 0.29) is 28.5 Å². The zero-order valence-electron chi connectivity index (χ0n) is 25.4. The molecule has 8 heteroatoms. The number of hydrogen-bond acceptors (Lipinski definition) is 4. The molecule has 1 saturated heterocycles. The highest BCUT2D eigenvalue weighted by Gasteiger charge is 2.44. The van der Waals surface area contributed by atoms with Crippen molar-refractivity contribution in [2.24, 2.45) is 7.05 Å². The van der Waals surface area contributed by atoms with Gasteiger partial charge in [-0.25, -0.2) is 9.18 Å². The molecule has 2 heterocycles. The molecule has 1 amide bonds. The highest BCUT2D eigenvalue weighted by atomic mass is 28.4. The monoisotopic (exact) mass is 578 g/mol. The van der Waals surface area contributed by atoms with Gasteiger partial charge < -0.3 is 18.6 Å². The Morgan fingerprint density at radius 1 is 1.00 bits per heavy atom. The van der Waals surface area contributed by atoms with Gasteiger partial charge in [-0.3, -0.25) is 4.79 Å². The number of ether oxygens (including phenoxy) is 1. The number of amides is 1. The summed E-state index contributed by atoms with van der Waals surface area (Å²) in [5, 5.41) is 0.118. The lowest BCUT2D eigenvalue weighted by Gasteiger charge is -2.44. The highest BCUT2D eigenvalue weighted by molar-refractivity contribution is 6.74. The van der Waals surface area contributed by atoms with E-state index in [1.165, 1.54) is 12.1 Å². The van der Waals surface area contributed by atoms with Gasteiger partial charge in [-0.15, -0.1) is 0 Å². The number of rotatable bonds is 9. The fraction of sp³-hybridized carbons (Fsp3) is 0.455. The van der Waals surface area contributed by atoms with E-state index in [0.717, 1.165) is 28.7 Å². The van der Waals surface area contributed by atoms with E-state index in [2.05, 4.69) is 33.9 Å². The van der Waals surface area contributed by atoms with Crippen LogP contribution < -0.4 is 5.56 Å². The molecule has 1 unspecified atom stereocenters. The fourth-order valence-electron chi connectivity index (χ4n) is 5.10. The predicted octanol–water partition coefficient (Wildman–Crippen LogP) is 7.79. The van der Waals surface area contributed by atoms with Crippen LogP contribution in [0, 0.1) is 5.82 Å². The van der Waals surface area contributed by atoms with Crippen LogP contribution in [0.25, 0.3) is 11.1 Å². The Morgan fingerprint density at radius 3 is 2.22 bits per heavy atom. The summed E-state index contributed by atoms with van der Waals surface area (Å²) in [7, 11) is -0.158. The van der Waals surface area contributed by atoms with Crippen molar-refractivity contribution in [2.45, 2.75) is 76.7 Å². The SMILES string of the molecule is C[C@@H](c1ccc(-c2ccc(=O)n(C)c2)cc1)N1CCC(CCCO[Si](C)(C)C(C)(C)C)(c2ccc(F)cc2)OC1=O. The largest absolute Gasteiger partial charge is 0.438 e. The normalized spacial score (nSPS) is 18.7. The topological polar surface area (TPSA) is 60.8 Å². The number of halogens is 1. The number of hydrogen-bond donors (Lipinski definition) is 0. The molecule has 0 N–H and O–H groups in total. The van der Waals surface area contributed by atoms with Crippen molar-refractivity contribution >= 4 is 14.4 Å². The summed E-state index contributed by atoms with van der Waals surface area (Å²) in [6.07, 6.45) is 3.38. The average Bonchev–Trinajstić information content (AvgIpc) is 2.92. The summed E-state index contributed by atoms with van der Waals surface area (Å²) in [4.78, 5) is 27.0. The molecule has 1 aliphatic rings. The number of pyridine rings is 1. The van der Waals surface area contributed by atoms with Crippen LogP contribution in [0.4, 0.5) is 9.18 Å². The molecular formula is C33H43FN2O4Si. The molecule has 1 aliphatic heterocycles. The van der Waals surface area contributed by atoms with E-state index < -0.39 is 13.9 Å². The highest BCUT2D eigenvalue weighted by Crippen LogP contribution is 2.41. The first-order chi connectivity index (χ1) is 19.2. The third-order valence-electron chi connectivity index (χ3n) is 8.92. The van der Waals surface area contributed by atoms with Gasteiger partial charge >= 0.3 is 6.09 Å². The van der Waals surface area contributed by atoms with Crippen LogP contribution in [0.3, 0.4) is 0 Å². The number of benzene rings is 2. The summed E-state index contributed by atoms with van der Waals surface area (Å²) in [6.45, 7) is 14.2. The zero-order chi connectivity index (χ0) is 30.0. The van der Waals surface area contributed by atoms with Gasteiger partial charge in [0.05, 0.1) is 6.04 Å². The van der Waals surface area contributed by atoms with Gasteiger partial charge in [0, 0.05) is 38.9 Å².